The van der Waals surface area contributed by atoms with Crippen molar-refractivity contribution in [2.24, 2.45) is 10.8 Å². The van der Waals surface area contributed by atoms with Gasteiger partial charge in [0.05, 0.1) is 0 Å². The maximum absolute atomic E-state index is 5.44. The lowest BCUT2D eigenvalue weighted by Crippen LogP contribution is -2.36. The minimum atomic E-state index is 0.580. The van der Waals surface area contributed by atoms with Crippen molar-refractivity contribution in [1.82, 2.24) is 5.43 Å². The van der Waals surface area contributed by atoms with Crippen LogP contribution in [0, 0.1) is 0 Å². The molecule has 18 heavy (non-hydrogen) atoms. The number of hydrogen-bond acceptors (Lipinski definition) is 3. The van der Waals surface area contributed by atoms with E-state index < -0.39 is 0 Å². The summed E-state index contributed by atoms with van der Waals surface area (Å²) in [5.41, 5.74) is 4.84. The Morgan fingerprint density at radius 2 is 2.06 bits per heavy atom. The van der Waals surface area contributed by atoms with Crippen molar-refractivity contribution < 1.29 is 0 Å². The third-order valence-electron chi connectivity index (χ3n) is 2.42. The van der Waals surface area contributed by atoms with Gasteiger partial charge in [0, 0.05) is 12.2 Å². The van der Waals surface area contributed by atoms with Crippen LogP contribution in [0.4, 0.5) is 5.69 Å². The summed E-state index contributed by atoms with van der Waals surface area (Å²) < 4.78 is 0. The first-order chi connectivity index (χ1) is 8.88. The molecule has 0 aliphatic heterocycles. The number of hydrogen-bond donors (Lipinski definition) is 3. The Morgan fingerprint density at radius 3 is 2.72 bits per heavy atom. The molecule has 0 radical (unpaired) electrons. The SMILES string of the molecule is NNC(=NCCc1ccsc1)Nc1ccccc1. The van der Waals surface area contributed by atoms with Crippen molar-refractivity contribution in [3.8, 4) is 0 Å². The third kappa shape index (κ3) is 3.87. The molecule has 4 N–H and O–H groups in total. The van der Waals surface area contributed by atoms with Crippen LogP contribution < -0.4 is 16.6 Å². The van der Waals surface area contributed by atoms with E-state index in [0.717, 1.165) is 12.1 Å². The van der Waals surface area contributed by atoms with Crippen LogP contribution in [0.2, 0.25) is 0 Å². The fraction of sp³-hybridized carbons (Fsp3) is 0.154. The van der Waals surface area contributed by atoms with Gasteiger partial charge in [-0.05, 0) is 40.9 Å². The van der Waals surface area contributed by atoms with Gasteiger partial charge in [0.15, 0.2) is 0 Å². The Morgan fingerprint density at radius 1 is 1.22 bits per heavy atom. The summed E-state index contributed by atoms with van der Waals surface area (Å²) in [4.78, 5) is 4.39. The van der Waals surface area contributed by atoms with E-state index in [2.05, 4.69) is 32.6 Å². The quantitative estimate of drug-likeness (QED) is 0.342. The lowest BCUT2D eigenvalue weighted by Gasteiger charge is -2.08. The molecule has 2 rings (SSSR count). The summed E-state index contributed by atoms with van der Waals surface area (Å²) in [7, 11) is 0. The second-order valence-corrected chi connectivity index (χ2v) is 4.53. The molecule has 1 heterocycles. The molecule has 0 aliphatic carbocycles. The minimum absolute atomic E-state index is 0.580. The highest BCUT2D eigenvalue weighted by molar-refractivity contribution is 7.07. The minimum Gasteiger partial charge on any atom is -0.325 e. The molecule has 4 nitrogen and oxygen atoms in total. The predicted molar refractivity (Wildman–Crippen MR) is 77.7 cm³/mol. The van der Waals surface area contributed by atoms with Gasteiger partial charge in [-0.2, -0.15) is 11.3 Å². The number of anilines is 1. The van der Waals surface area contributed by atoms with Gasteiger partial charge in [-0.15, -0.1) is 0 Å². The molecule has 2 aromatic rings. The Kier molecular flexibility index (Phi) is 4.75. The number of para-hydroxylation sites is 1. The molecule has 0 aliphatic rings. The van der Waals surface area contributed by atoms with Crippen molar-refractivity contribution in [3.63, 3.8) is 0 Å². The highest BCUT2D eigenvalue weighted by atomic mass is 32.1. The van der Waals surface area contributed by atoms with Crippen molar-refractivity contribution in [1.29, 1.82) is 0 Å². The molecule has 0 amide bonds. The van der Waals surface area contributed by atoms with E-state index in [0.29, 0.717) is 12.5 Å². The second-order valence-electron chi connectivity index (χ2n) is 3.75. The first-order valence-corrected chi connectivity index (χ1v) is 6.67. The molecule has 0 saturated carbocycles. The van der Waals surface area contributed by atoms with E-state index >= 15 is 0 Å². The molecule has 1 aromatic heterocycles. The molecule has 0 unspecified atom stereocenters. The molecule has 0 spiro atoms. The standard InChI is InChI=1S/C13H16N4S/c14-17-13(16-12-4-2-1-3-5-12)15-8-6-11-7-9-18-10-11/h1-5,7,9-10H,6,8,14H2,(H2,15,16,17). The zero-order valence-electron chi connectivity index (χ0n) is 9.97. The highest BCUT2D eigenvalue weighted by Crippen LogP contribution is 2.07. The maximum Gasteiger partial charge on any atom is 0.210 e. The molecule has 0 bridgehead atoms. The van der Waals surface area contributed by atoms with Gasteiger partial charge in [-0.25, -0.2) is 5.84 Å². The number of nitrogens with two attached hydrogens (primary N) is 1. The van der Waals surface area contributed by atoms with E-state index in [9.17, 15) is 0 Å². The lowest BCUT2D eigenvalue weighted by atomic mass is 10.2. The highest BCUT2D eigenvalue weighted by Gasteiger charge is 1.97. The van der Waals surface area contributed by atoms with Crippen molar-refractivity contribution in [3.05, 3.63) is 52.7 Å². The zero-order valence-corrected chi connectivity index (χ0v) is 10.8. The Hall–Kier alpha value is -1.85. The normalized spacial score (nSPS) is 11.3. The van der Waals surface area contributed by atoms with Gasteiger partial charge in [0.1, 0.15) is 0 Å². The van der Waals surface area contributed by atoms with Gasteiger partial charge >= 0.3 is 0 Å². The first-order valence-electron chi connectivity index (χ1n) is 5.72. The van der Waals surface area contributed by atoms with Gasteiger partial charge in [0.25, 0.3) is 0 Å². The fourth-order valence-electron chi connectivity index (χ4n) is 1.51. The second kappa shape index (κ2) is 6.78. The van der Waals surface area contributed by atoms with Crippen LogP contribution in [-0.2, 0) is 6.42 Å². The van der Waals surface area contributed by atoms with Crippen molar-refractivity contribution >= 4 is 23.0 Å². The van der Waals surface area contributed by atoms with Crippen LogP contribution in [-0.4, -0.2) is 12.5 Å². The van der Waals surface area contributed by atoms with Gasteiger partial charge in [-0.1, -0.05) is 18.2 Å². The number of hydrazine groups is 1. The van der Waals surface area contributed by atoms with Crippen LogP contribution in [0.5, 0.6) is 0 Å². The number of rotatable bonds is 4. The van der Waals surface area contributed by atoms with Crippen molar-refractivity contribution in [2.45, 2.75) is 6.42 Å². The number of nitrogens with one attached hydrogen (secondary N) is 2. The molecule has 1 aromatic carbocycles. The monoisotopic (exact) mass is 260 g/mol. The molecule has 0 saturated heterocycles. The molecule has 5 heteroatoms. The molecular formula is C13H16N4S. The van der Waals surface area contributed by atoms with Crippen LogP contribution in [0.1, 0.15) is 5.56 Å². The Labute approximate surface area is 111 Å². The lowest BCUT2D eigenvalue weighted by molar-refractivity contribution is 0.932. The summed E-state index contributed by atoms with van der Waals surface area (Å²) >= 11 is 1.70. The van der Waals surface area contributed by atoms with Gasteiger partial charge in [0.2, 0.25) is 5.96 Å². The van der Waals surface area contributed by atoms with Crippen LogP contribution >= 0.6 is 11.3 Å². The average molecular weight is 260 g/mol. The summed E-state index contributed by atoms with van der Waals surface area (Å²) in [5.74, 6) is 6.02. The number of benzene rings is 1. The predicted octanol–water partition coefficient (Wildman–Crippen LogP) is 2.22. The van der Waals surface area contributed by atoms with E-state index in [1.165, 1.54) is 5.56 Å². The van der Waals surface area contributed by atoms with Crippen LogP contribution in [0.15, 0.2) is 52.2 Å². The van der Waals surface area contributed by atoms with E-state index in [-0.39, 0.29) is 0 Å². The number of thiophene rings is 1. The van der Waals surface area contributed by atoms with E-state index in [1.54, 1.807) is 11.3 Å². The Bertz CT molecular complexity index is 479. The molecule has 0 fully saturated rings. The smallest absolute Gasteiger partial charge is 0.210 e. The fourth-order valence-corrected chi connectivity index (χ4v) is 2.21. The molecule has 0 atom stereocenters. The number of nitrogens with zero attached hydrogens (tertiary/aromatic N) is 1. The van der Waals surface area contributed by atoms with E-state index in [4.69, 9.17) is 5.84 Å². The summed E-state index contributed by atoms with van der Waals surface area (Å²) in [6.45, 7) is 0.704. The number of guanidine groups is 1. The van der Waals surface area contributed by atoms with E-state index in [1.807, 2.05) is 30.3 Å². The topological polar surface area (TPSA) is 62.4 Å². The van der Waals surface area contributed by atoms with Crippen LogP contribution in [0.25, 0.3) is 0 Å². The summed E-state index contributed by atoms with van der Waals surface area (Å²) in [6.07, 6.45) is 0.922. The molecular weight excluding hydrogens is 244 g/mol. The summed E-state index contributed by atoms with van der Waals surface area (Å²) in [6, 6.07) is 11.9. The van der Waals surface area contributed by atoms with Gasteiger partial charge < -0.3 is 5.32 Å². The summed E-state index contributed by atoms with van der Waals surface area (Å²) in [5, 5.41) is 7.33. The van der Waals surface area contributed by atoms with Gasteiger partial charge in [-0.3, -0.25) is 10.4 Å². The first kappa shape index (κ1) is 12.6. The van der Waals surface area contributed by atoms with Crippen molar-refractivity contribution in [2.75, 3.05) is 11.9 Å². The molecule has 94 valence electrons. The average Bonchev–Trinajstić information content (AvgIpc) is 2.92. The third-order valence-corrected chi connectivity index (χ3v) is 3.16. The Balaban J connectivity index is 1.88. The maximum atomic E-state index is 5.44. The largest absolute Gasteiger partial charge is 0.325 e. The zero-order chi connectivity index (χ0) is 12.6. The van der Waals surface area contributed by atoms with Crippen LogP contribution in [0.3, 0.4) is 0 Å². The number of aliphatic imine (C=N–C) groups is 1.